The lowest BCUT2D eigenvalue weighted by molar-refractivity contribution is -0.114. The van der Waals surface area contributed by atoms with Crippen LogP contribution < -0.4 is 10.0 Å². The summed E-state index contributed by atoms with van der Waals surface area (Å²) in [5, 5.41) is 11.8. The van der Waals surface area contributed by atoms with E-state index < -0.39 is 16.1 Å². The van der Waals surface area contributed by atoms with E-state index >= 15 is 0 Å². The van der Waals surface area contributed by atoms with Crippen LogP contribution in [0.5, 0.6) is 0 Å². The molecule has 0 saturated carbocycles. The van der Waals surface area contributed by atoms with Gasteiger partial charge in [0.15, 0.2) is 0 Å². The van der Waals surface area contributed by atoms with E-state index in [2.05, 4.69) is 10.0 Å². The molecule has 0 unspecified atom stereocenters. The monoisotopic (exact) mass is 314 g/mol. The molecule has 0 saturated heterocycles. The second kappa shape index (κ2) is 7.02. The van der Waals surface area contributed by atoms with Gasteiger partial charge < -0.3 is 10.4 Å². The van der Waals surface area contributed by atoms with Crippen molar-refractivity contribution in [3.8, 4) is 0 Å². The molecule has 0 heterocycles. The fraction of sp³-hybridized carbons (Fsp3) is 0.500. The van der Waals surface area contributed by atoms with Crippen LogP contribution in [0.3, 0.4) is 0 Å². The highest BCUT2D eigenvalue weighted by Gasteiger charge is 2.23. The van der Waals surface area contributed by atoms with Crippen LogP contribution in [0.2, 0.25) is 0 Å². The van der Waals surface area contributed by atoms with Gasteiger partial charge in [0, 0.05) is 18.7 Å². The van der Waals surface area contributed by atoms with Gasteiger partial charge in [0.1, 0.15) is 0 Å². The van der Waals surface area contributed by atoms with Gasteiger partial charge in [-0.05, 0) is 30.5 Å². The Hall–Kier alpha value is -1.44. The Bertz CT molecular complexity index is 611. The first-order valence-electron chi connectivity index (χ1n) is 6.68. The molecule has 0 aliphatic rings. The van der Waals surface area contributed by atoms with E-state index in [0.29, 0.717) is 11.3 Å². The fourth-order valence-electron chi connectivity index (χ4n) is 1.82. The van der Waals surface area contributed by atoms with Gasteiger partial charge in [0.2, 0.25) is 15.9 Å². The molecule has 0 spiro atoms. The Balaban J connectivity index is 3.15. The largest absolute Gasteiger partial charge is 0.395 e. The molecule has 1 aromatic rings. The maximum absolute atomic E-state index is 12.4. The summed E-state index contributed by atoms with van der Waals surface area (Å²) >= 11 is 0. The number of hydrogen-bond donors (Lipinski definition) is 3. The lowest BCUT2D eigenvalue weighted by Crippen LogP contribution is -2.41. The van der Waals surface area contributed by atoms with Gasteiger partial charge in [-0.1, -0.05) is 19.9 Å². The van der Waals surface area contributed by atoms with Crippen LogP contribution in [0.25, 0.3) is 0 Å². The summed E-state index contributed by atoms with van der Waals surface area (Å²) in [6.07, 6.45) is 0. The third-order valence-corrected chi connectivity index (χ3v) is 4.74. The van der Waals surface area contributed by atoms with Crippen molar-refractivity contribution in [3.05, 3.63) is 23.8 Å². The molecule has 7 heteroatoms. The number of anilines is 1. The topological polar surface area (TPSA) is 95.5 Å². The minimum Gasteiger partial charge on any atom is -0.395 e. The number of carbonyl (C=O) groups is 1. The number of aliphatic hydroxyl groups is 1. The lowest BCUT2D eigenvalue weighted by Gasteiger charge is -2.20. The van der Waals surface area contributed by atoms with Crippen LogP contribution in [0.4, 0.5) is 5.69 Å². The van der Waals surface area contributed by atoms with Gasteiger partial charge in [-0.2, -0.15) is 0 Å². The molecule has 3 N–H and O–H groups in total. The van der Waals surface area contributed by atoms with Crippen LogP contribution in [0.1, 0.15) is 26.3 Å². The van der Waals surface area contributed by atoms with Gasteiger partial charge in [-0.15, -0.1) is 0 Å². The van der Waals surface area contributed by atoms with Crippen LogP contribution in [0.15, 0.2) is 23.1 Å². The van der Waals surface area contributed by atoms with Crippen molar-refractivity contribution < 1.29 is 18.3 Å². The molecule has 0 bridgehead atoms. The Morgan fingerprint density at radius 2 is 1.95 bits per heavy atom. The van der Waals surface area contributed by atoms with Crippen LogP contribution in [-0.4, -0.2) is 32.1 Å². The number of nitrogens with one attached hydrogen (secondary N) is 2. The van der Waals surface area contributed by atoms with E-state index in [9.17, 15) is 18.3 Å². The molecule has 0 aliphatic heterocycles. The van der Waals surface area contributed by atoms with E-state index in [1.165, 1.54) is 13.0 Å². The first-order valence-corrected chi connectivity index (χ1v) is 8.17. The zero-order chi connectivity index (χ0) is 16.2. The molecule has 0 fully saturated rings. The quantitative estimate of drug-likeness (QED) is 0.736. The van der Waals surface area contributed by atoms with Crippen LogP contribution in [-0.2, 0) is 14.8 Å². The molecule has 0 aromatic heterocycles. The summed E-state index contributed by atoms with van der Waals surface area (Å²) in [5.41, 5.74) is 0.982. The first-order chi connectivity index (χ1) is 9.67. The average molecular weight is 314 g/mol. The number of hydrogen-bond acceptors (Lipinski definition) is 4. The Labute approximate surface area is 125 Å². The Morgan fingerprint density at radius 3 is 2.43 bits per heavy atom. The molecule has 1 atom stereocenters. The van der Waals surface area contributed by atoms with Crippen molar-refractivity contribution in [1.82, 2.24) is 4.72 Å². The van der Waals surface area contributed by atoms with Crippen molar-refractivity contribution in [2.45, 2.75) is 38.6 Å². The third kappa shape index (κ3) is 4.80. The van der Waals surface area contributed by atoms with E-state index in [-0.39, 0.29) is 23.3 Å². The molecular formula is C14H22N2O4S. The summed E-state index contributed by atoms with van der Waals surface area (Å²) in [6, 6.07) is 4.12. The highest BCUT2D eigenvalue weighted by atomic mass is 32.2. The van der Waals surface area contributed by atoms with Gasteiger partial charge >= 0.3 is 0 Å². The van der Waals surface area contributed by atoms with Crippen molar-refractivity contribution in [3.63, 3.8) is 0 Å². The number of aryl methyl sites for hydroxylation is 1. The number of carbonyl (C=O) groups excluding carboxylic acids is 1. The summed E-state index contributed by atoms with van der Waals surface area (Å²) in [6.45, 7) is 6.40. The van der Waals surface area contributed by atoms with Crippen LogP contribution >= 0.6 is 0 Å². The predicted molar refractivity (Wildman–Crippen MR) is 81.5 cm³/mol. The summed E-state index contributed by atoms with van der Waals surface area (Å²) in [4.78, 5) is 11.2. The molecule has 1 aromatic carbocycles. The van der Waals surface area contributed by atoms with Gasteiger partial charge in [0.25, 0.3) is 0 Å². The summed E-state index contributed by atoms with van der Waals surface area (Å²) in [5.74, 6) is -0.311. The molecule has 0 radical (unpaired) electrons. The van der Waals surface area contributed by atoms with Crippen molar-refractivity contribution in [2.75, 3.05) is 11.9 Å². The van der Waals surface area contributed by atoms with Gasteiger partial charge in [-0.25, -0.2) is 13.1 Å². The van der Waals surface area contributed by atoms with Crippen molar-refractivity contribution >= 4 is 21.6 Å². The molecule has 21 heavy (non-hydrogen) atoms. The molecule has 118 valence electrons. The van der Waals surface area contributed by atoms with Gasteiger partial charge in [0.05, 0.1) is 11.5 Å². The molecule has 1 amide bonds. The SMILES string of the molecule is CC(=O)Nc1ccc(C)c(S(=O)(=O)N[C@H](CO)C(C)C)c1. The second-order valence-electron chi connectivity index (χ2n) is 5.32. The van der Waals surface area contributed by atoms with E-state index in [0.717, 1.165) is 0 Å². The first kappa shape index (κ1) is 17.6. The zero-order valence-electron chi connectivity index (χ0n) is 12.7. The van der Waals surface area contributed by atoms with Crippen LogP contribution in [0, 0.1) is 12.8 Å². The Morgan fingerprint density at radius 1 is 1.33 bits per heavy atom. The molecular weight excluding hydrogens is 292 g/mol. The standard InChI is InChI=1S/C14H22N2O4S/c1-9(2)13(8-17)16-21(19,20)14-7-12(15-11(4)18)6-5-10(14)3/h5-7,9,13,16-17H,8H2,1-4H3,(H,15,18)/t13-/m1/s1. The molecule has 1 rings (SSSR count). The highest BCUT2D eigenvalue weighted by molar-refractivity contribution is 7.89. The lowest BCUT2D eigenvalue weighted by atomic mass is 10.1. The smallest absolute Gasteiger partial charge is 0.241 e. The average Bonchev–Trinajstić information content (AvgIpc) is 2.37. The highest BCUT2D eigenvalue weighted by Crippen LogP contribution is 2.21. The molecule has 6 nitrogen and oxygen atoms in total. The Kier molecular flexibility index (Phi) is 5.88. The van der Waals surface area contributed by atoms with E-state index in [4.69, 9.17) is 0 Å². The number of amides is 1. The number of benzene rings is 1. The number of aliphatic hydroxyl groups excluding tert-OH is 1. The zero-order valence-corrected chi connectivity index (χ0v) is 13.5. The minimum atomic E-state index is -3.77. The van der Waals surface area contributed by atoms with Crippen molar-refractivity contribution in [2.24, 2.45) is 5.92 Å². The predicted octanol–water partition coefficient (Wildman–Crippen LogP) is 1.25. The number of sulfonamides is 1. The summed E-state index contributed by atoms with van der Waals surface area (Å²) < 4.78 is 27.3. The minimum absolute atomic E-state index is 0.0383. The normalized spacial score (nSPS) is 13.2. The fourth-order valence-corrected chi connectivity index (χ4v) is 3.46. The van der Waals surface area contributed by atoms with E-state index in [1.54, 1.807) is 19.1 Å². The number of rotatable bonds is 6. The van der Waals surface area contributed by atoms with Gasteiger partial charge in [-0.3, -0.25) is 4.79 Å². The van der Waals surface area contributed by atoms with Crippen molar-refractivity contribution in [1.29, 1.82) is 0 Å². The molecule has 0 aliphatic carbocycles. The summed E-state index contributed by atoms with van der Waals surface area (Å²) in [7, 11) is -3.77. The maximum atomic E-state index is 12.4. The third-order valence-electron chi connectivity index (χ3n) is 3.11. The maximum Gasteiger partial charge on any atom is 0.241 e. The van der Waals surface area contributed by atoms with E-state index in [1.807, 2.05) is 13.8 Å². The second-order valence-corrected chi connectivity index (χ2v) is 7.00.